The quantitative estimate of drug-likeness (QED) is 0.875. The topological polar surface area (TPSA) is 80.9 Å². The van der Waals surface area contributed by atoms with Gasteiger partial charge in [0.15, 0.2) is 5.69 Å². The minimum atomic E-state index is -0.251. The lowest BCUT2D eigenvalue weighted by molar-refractivity contribution is 0.0941. The van der Waals surface area contributed by atoms with Gasteiger partial charge in [-0.25, -0.2) is 0 Å². The summed E-state index contributed by atoms with van der Waals surface area (Å²) < 4.78 is 5.06. The fourth-order valence-electron chi connectivity index (χ4n) is 1.53. The third-order valence-electron chi connectivity index (χ3n) is 2.50. The lowest BCUT2D eigenvalue weighted by atomic mass is 10.2. The molecule has 1 amide bonds. The van der Waals surface area contributed by atoms with E-state index in [-0.39, 0.29) is 5.91 Å². The molecule has 102 valence electrons. The summed E-state index contributed by atoms with van der Waals surface area (Å²) in [7, 11) is 0. The molecule has 2 aromatic heterocycles. The molecule has 0 aliphatic heterocycles. The van der Waals surface area contributed by atoms with Crippen molar-refractivity contribution in [3.8, 4) is 0 Å². The van der Waals surface area contributed by atoms with Gasteiger partial charge < -0.3 is 9.84 Å². The van der Waals surface area contributed by atoms with Gasteiger partial charge >= 0.3 is 0 Å². The number of hydrogen-bond acceptors (Lipinski definition) is 6. The van der Waals surface area contributed by atoms with Gasteiger partial charge in [-0.3, -0.25) is 4.79 Å². The van der Waals surface area contributed by atoms with Crippen molar-refractivity contribution < 1.29 is 9.32 Å². The van der Waals surface area contributed by atoms with Gasteiger partial charge in [-0.15, -0.1) is 10.2 Å². The average Bonchev–Trinajstić information content (AvgIpc) is 3.05. The highest BCUT2D eigenvalue weighted by molar-refractivity contribution is 7.11. The Labute approximate surface area is 115 Å². The Kier molecular flexibility index (Phi) is 4.62. The van der Waals surface area contributed by atoms with Gasteiger partial charge in [0.05, 0.1) is 6.54 Å². The highest BCUT2D eigenvalue weighted by atomic mass is 32.1. The van der Waals surface area contributed by atoms with Crippen LogP contribution in [0.1, 0.15) is 46.5 Å². The lowest BCUT2D eigenvalue weighted by Crippen LogP contribution is -2.22. The predicted molar refractivity (Wildman–Crippen MR) is 71.0 cm³/mol. The Morgan fingerprint density at radius 1 is 1.37 bits per heavy atom. The molecule has 0 unspecified atom stereocenters. The van der Waals surface area contributed by atoms with Crippen LogP contribution in [0, 0.1) is 0 Å². The van der Waals surface area contributed by atoms with Crippen molar-refractivity contribution in [3.05, 3.63) is 27.5 Å². The molecular weight excluding hydrogens is 264 g/mol. The van der Waals surface area contributed by atoms with Crippen LogP contribution in [0.15, 0.2) is 10.6 Å². The van der Waals surface area contributed by atoms with Crippen molar-refractivity contribution in [2.45, 2.75) is 39.7 Å². The Bertz CT molecular complexity index is 549. The molecule has 19 heavy (non-hydrogen) atoms. The third-order valence-corrected chi connectivity index (χ3v) is 3.57. The lowest BCUT2D eigenvalue weighted by Gasteiger charge is -1.97. The molecule has 7 heteroatoms. The zero-order chi connectivity index (χ0) is 13.7. The van der Waals surface area contributed by atoms with E-state index in [1.165, 1.54) is 11.3 Å². The molecule has 0 radical (unpaired) electrons. The molecule has 6 nitrogen and oxygen atoms in total. The average molecular weight is 280 g/mol. The van der Waals surface area contributed by atoms with Crippen molar-refractivity contribution in [2.75, 3.05) is 0 Å². The van der Waals surface area contributed by atoms with E-state index in [1.54, 1.807) is 6.07 Å². The number of hydrogen-bond donors (Lipinski definition) is 1. The first-order valence-corrected chi connectivity index (χ1v) is 7.09. The van der Waals surface area contributed by atoms with E-state index in [9.17, 15) is 4.79 Å². The van der Waals surface area contributed by atoms with E-state index in [0.717, 1.165) is 35.0 Å². The van der Waals surface area contributed by atoms with Crippen molar-refractivity contribution in [1.29, 1.82) is 0 Å². The maximum absolute atomic E-state index is 11.8. The minimum absolute atomic E-state index is 0.251. The Hall–Kier alpha value is -1.76. The second-order valence-corrected chi connectivity index (χ2v) is 5.20. The maximum atomic E-state index is 11.8. The summed E-state index contributed by atoms with van der Waals surface area (Å²) in [5.74, 6) is 0.483. The first kappa shape index (κ1) is 13.7. The molecule has 2 heterocycles. The number of aromatic nitrogens is 3. The number of aryl methyl sites for hydroxylation is 2. The van der Waals surface area contributed by atoms with Crippen LogP contribution < -0.4 is 5.32 Å². The molecule has 0 atom stereocenters. The van der Waals surface area contributed by atoms with Gasteiger partial charge in [0.2, 0.25) is 0 Å². The zero-order valence-electron chi connectivity index (χ0n) is 11.0. The van der Waals surface area contributed by atoms with E-state index < -0.39 is 0 Å². The number of carbonyl (C=O) groups is 1. The second kappa shape index (κ2) is 6.42. The molecule has 0 spiro atoms. The van der Waals surface area contributed by atoms with Gasteiger partial charge in [0.25, 0.3) is 5.91 Å². The summed E-state index contributed by atoms with van der Waals surface area (Å²) in [5.41, 5.74) is 0.309. The second-order valence-electron chi connectivity index (χ2n) is 4.05. The molecule has 0 aliphatic rings. The van der Waals surface area contributed by atoms with E-state index in [0.29, 0.717) is 12.2 Å². The summed E-state index contributed by atoms with van der Waals surface area (Å²) in [5, 5.41) is 16.3. The highest BCUT2D eigenvalue weighted by Gasteiger charge is 2.12. The normalized spacial score (nSPS) is 10.6. The van der Waals surface area contributed by atoms with E-state index in [1.807, 2.05) is 13.8 Å². The number of amides is 1. The molecule has 2 rings (SSSR count). The molecule has 1 N–H and O–H groups in total. The van der Waals surface area contributed by atoms with Gasteiger partial charge in [-0.1, -0.05) is 30.3 Å². The van der Waals surface area contributed by atoms with Crippen molar-refractivity contribution >= 4 is 17.2 Å². The van der Waals surface area contributed by atoms with Gasteiger partial charge in [-0.05, 0) is 12.8 Å². The Morgan fingerprint density at radius 2 is 2.16 bits per heavy atom. The molecule has 0 saturated heterocycles. The van der Waals surface area contributed by atoms with E-state index >= 15 is 0 Å². The number of carbonyl (C=O) groups excluding carboxylic acids is 1. The van der Waals surface area contributed by atoms with Crippen molar-refractivity contribution in [2.24, 2.45) is 0 Å². The summed E-state index contributed by atoms with van der Waals surface area (Å²) in [6.07, 6.45) is 2.60. The fourth-order valence-corrected chi connectivity index (χ4v) is 2.26. The van der Waals surface area contributed by atoms with Crippen LogP contribution in [-0.4, -0.2) is 21.3 Å². The van der Waals surface area contributed by atoms with Crippen LogP contribution in [0.25, 0.3) is 0 Å². The van der Waals surface area contributed by atoms with Crippen LogP contribution in [0.3, 0.4) is 0 Å². The third kappa shape index (κ3) is 3.60. The minimum Gasteiger partial charge on any atom is -0.361 e. The summed E-state index contributed by atoms with van der Waals surface area (Å²) in [4.78, 5) is 11.8. The van der Waals surface area contributed by atoms with Crippen molar-refractivity contribution in [3.63, 3.8) is 0 Å². The molecule has 0 aliphatic carbocycles. The largest absolute Gasteiger partial charge is 0.361 e. The molecule has 2 aromatic rings. The van der Waals surface area contributed by atoms with Crippen LogP contribution in [-0.2, 0) is 19.4 Å². The smallest absolute Gasteiger partial charge is 0.273 e. The first-order chi connectivity index (χ1) is 9.22. The van der Waals surface area contributed by atoms with E-state index in [4.69, 9.17) is 4.52 Å². The van der Waals surface area contributed by atoms with Gasteiger partial charge in [-0.2, -0.15) is 0 Å². The van der Waals surface area contributed by atoms with Crippen LogP contribution in [0.2, 0.25) is 0 Å². The Balaban J connectivity index is 1.89. The predicted octanol–water partition coefficient (Wildman–Crippen LogP) is 1.97. The highest BCUT2D eigenvalue weighted by Crippen LogP contribution is 2.10. The van der Waals surface area contributed by atoms with Crippen LogP contribution >= 0.6 is 11.3 Å². The molecule has 0 fully saturated rings. The van der Waals surface area contributed by atoms with Crippen LogP contribution in [0.5, 0.6) is 0 Å². The summed E-state index contributed by atoms with van der Waals surface area (Å²) in [6, 6.07) is 1.68. The van der Waals surface area contributed by atoms with Crippen LogP contribution in [0.4, 0.5) is 0 Å². The summed E-state index contributed by atoms with van der Waals surface area (Å²) >= 11 is 1.50. The Morgan fingerprint density at radius 3 is 2.84 bits per heavy atom. The SMILES string of the molecule is CCCc1cc(C(=O)NCc2nnc(CC)s2)no1. The zero-order valence-corrected chi connectivity index (χ0v) is 11.8. The molecule has 0 saturated carbocycles. The summed E-state index contributed by atoms with van der Waals surface area (Å²) in [6.45, 7) is 4.43. The molecule has 0 bridgehead atoms. The number of nitrogens with one attached hydrogen (secondary N) is 1. The number of rotatable bonds is 6. The fraction of sp³-hybridized carbons (Fsp3) is 0.500. The maximum Gasteiger partial charge on any atom is 0.273 e. The standard InChI is InChI=1S/C12H16N4O2S/c1-3-5-8-6-9(16-18-8)12(17)13-7-11-15-14-10(4-2)19-11/h6H,3-5,7H2,1-2H3,(H,13,17). The number of nitrogens with zero attached hydrogens (tertiary/aromatic N) is 3. The molecular formula is C12H16N4O2S. The van der Waals surface area contributed by atoms with Gasteiger partial charge in [0.1, 0.15) is 15.8 Å². The van der Waals surface area contributed by atoms with Crippen molar-refractivity contribution in [1.82, 2.24) is 20.7 Å². The first-order valence-electron chi connectivity index (χ1n) is 6.28. The molecule has 0 aromatic carbocycles. The van der Waals surface area contributed by atoms with E-state index in [2.05, 4.69) is 20.7 Å². The monoisotopic (exact) mass is 280 g/mol. The van der Waals surface area contributed by atoms with Gasteiger partial charge in [0, 0.05) is 12.5 Å².